The van der Waals surface area contributed by atoms with Gasteiger partial charge in [0.1, 0.15) is 12.6 Å². The molecule has 1 aliphatic carbocycles. The van der Waals surface area contributed by atoms with E-state index in [9.17, 15) is 14.4 Å². The molecule has 2 amide bonds. The molecule has 1 unspecified atom stereocenters. The number of hydrogen-bond donors (Lipinski definition) is 4. The molecule has 158 valence electrons. The molecule has 1 aromatic heterocycles. The number of carboxylic acid groups (broad SMARTS) is 1. The first-order chi connectivity index (χ1) is 14.9. The molecule has 10 heteroatoms. The zero-order valence-electron chi connectivity index (χ0n) is 16.5. The molecule has 0 radical (unpaired) electrons. The molecular weight excluding hydrogens is 402 g/mol. The van der Waals surface area contributed by atoms with Crippen molar-refractivity contribution in [2.45, 2.75) is 18.9 Å². The quantitative estimate of drug-likeness (QED) is 0.478. The van der Waals surface area contributed by atoms with Crippen molar-refractivity contribution in [2.24, 2.45) is 0 Å². The molecule has 0 spiro atoms. The fraction of sp³-hybridized carbons (Fsp3) is 0.190. The number of H-pyrrole nitrogens is 1. The van der Waals surface area contributed by atoms with Crippen LogP contribution in [0.4, 0.5) is 10.7 Å². The molecular formula is C21H19N5O5. The molecule has 0 fully saturated rings. The molecule has 0 saturated carbocycles. The number of benzene rings is 2. The number of amides is 2. The second-order valence-electron chi connectivity index (χ2n) is 6.99. The maximum Gasteiger partial charge on any atom is 0.414 e. The molecule has 1 heterocycles. The molecule has 10 nitrogen and oxygen atoms in total. The van der Waals surface area contributed by atoms with Crippen LogP contribution in [0, 0.1) is 0 Å². The van der Waals surface area contributed by atoms with E-state index >= 15 is 0 Å². The van der Waals surface area contributed by atoms with Crippen molar-refractivity contribution in [1.82, 2.24) is 20.5 Å². The van der Waals surface area contributed by atoms with E-state index in [0.29, 0.717) is 0 Å². The summed E-state index contributed by atoms with van der Waals surface area (Å²) >= 11 is 0. The summed E-state index contributed by atoms with van der Waals surface area (Å²) in [4.78, 5) is 38.8. The van der Waals surface area contributed by atoms with E-state index in [4.69, 9.17) is 9.84 Å². The molecule has 31 heavy (non-hydrogen) atoms. The van der Waals surface area contributed by atoms with E-state index in [1.807, 2.05) is 48.5 Å². The number of nitrogens with one attached hydrogen (secondary N) is 3. The van der Waals surface area contributed by atoms with E-state index in [1.54, 1.807) is 0 Å². The van der Waals surface area contributed by atoms with Crippen LogP contribution in [0.3, 0.4) is 0 Å². The van der Waals surface area contributed by atoms with Crippen molar-refractivity contribution in [3.05, 3.63) is 65.5 Å². The number of aliphatic carboxylic acids is 1. The van der Waals surface area contributed by atoms with Gasteiger partial charge >= 0.3 is 12.1 Å². The maximum atomic E-state index is 12.2. The van der Waals surface area contributed by atoms with Gasteiger partial charge < -0.3 is 15.2 Å². The van der Waals surface area contributed by atoms with Crippen molar-refractivity contribution < 1.29 is 24.2 Å². The zero-order valence-corrected chi connectivity index (χ0v) is 16.5. The first kappa shape index (κ1) is 20.1. The lowest BCUT2D eigenvalue weighted by atomic mass is 9.98. The molecule has 1 aliphatic rings. The number of aromatic amines is 1. The Morgan fingerprint density at radius 1 is 1.10 bits per heavy atom. The molecule has 2 aromatic carbocycles. The van der Waals surface area contributed by atoms with Crippen molar-refractivity contribution in [3.63, 3.8) is 0 Å². The Labute approximate surface area is 176 Å². The van der Waals surface area contributed by atoms with Crippen LogP contribution >= 0.6 is 0 Å². The Hall–Kier alpha value is -4.21. The summed E-state index contributed by atoms with van der Waals surface area (Å²) in [5.41, 5.74) is 4.40. The number of fused-ring (bicyclic) bond motifs is 3. The molecule has 0 aliphatic heterocycles. The van der Waals surface area contributed by atoms with Crippen LogP contribution in [0.1, 0.15) is 34.6 Å². The van der Waals surface area contributed by atoms with Crippen molar-refractivity contribution >= 4 is 23.9 Å². The number of ether oxygens (including phenoxy) is 1. The van der Waals surface area contributed by atoms with Gasteiger partial charge in [-0.1, -0.05) is 48.5 Å². The van der Waals surface area contributed by atoms with Gasteiger partial charge in [-0.05, 0) is 29.2 Å². The van der Waals surface area contributed by atoms with E-state index in [2.05, 4.69) is 25.8 Å². The first-order valence-electron chi connectivity index (χ1n) is 9.52. The predicted octanol–water partition coefficient (Wildman–Crippen LogP) is 2.37. The highest BCUT2D eigenvalue weighted by Gasteiger charge is 2.29. The van der Waals surface area contributed by atoms with Gasteiger partial charge in [-0.25, -0.2) is 4.79 Å². The van der Waals surface area contributed by atoms with Crippen LogP contribution in [-0.2, 0) is 9.53 Å². The van der Waals surface area contributed by atoms with Crippen LogP contribution in [-0.4, -0.2) is 50.9 Å². The lowest BCUT2D eigenvalue weighted by Gasteiger charge is -2.13. The third-order valence-corrected chi connectivity index (χ3v) is 4.98. The molecule has 0 saturated heterocycles. The summed E-state index contributed by atoms with van der Waals surface area (Å²) in [5.74, 6) is -2.44. The summed E-state index contributed by atoms with van der Waals surface area (Å²) in [5, 5.41) is 19.5. The number of carbonyl (C=O) groups is 3. The monoisotopic (exact) mass is 421 g/mol. The molecule has 3 aromatic rings. The first-order valence-corrected chi connectivity index (χ1v) is 9.52. The minimum atomic E-state index is -1.19. The fourth-order valence-corrected chi connectivity index (χ4v) is 3.47. The van der Waals surface area contributed by atoms with Gasteiger partial charge in [0.2, 0.25) is 5.82 Å². The van der Waals surface area contributed by atoms with Crippen LogP contribution in [0.5, 0.6) is 0 Å². The Kier molecular flexibility index (Phi) is 5.35. The smallest absolute Gasteiger partial charge is 0.414 e. The van der Waals surface area contributed by atoms with Crippen molar-refractivity contribution in [1.29, 1.82) is 0 Å². The lowest BCUT2D eigenvalue weighted by molar-refractivity contribution is -0.138. The van der Waals surface area contributed by atoms with Crippen molar-refractivity contribution in [3.8, 4) is 11.1 Å². The molecule has 4 N–H and O–H groups in total. The van der Waals surface area contributed by atoms with Gasteiger partial charge in [0.15, 0.2) is 0 Å². The summed E-state index contributed by atoms with van der Waals surface area (Å²) in [6.45, 7) is 1.43. The van der Waals surface area contributed by atoms with E-state index in [0.717, 1.165) is 22.3 Å². The normalized spacial score (nSPS) is 13.1. The van der Waals surface area contributed by atoms with Gasteiger partial charge in [0.25, 0.3) is 11.9 Å². The minimum Gasteiger partial charge on any atom is -0.480 e. The van der Waals surface area contributed by atoms with Gasteiger partial charge in [-0.3, -0.25) is 20.0 Å². The highest BCUT2D eigenvalue weighted by molar-refractivity contribution is 5.94. The topological polar surface area (TPSA) is 146 Å². The second kappa shape index (κ2) is 8.27. The van der Waals surface area contributed by atoms with E-state index in [1.165, 1.54) is 6.92 Å². The van der Waals surface area contributed by atoms with Crippen LogP contribution in [0.15, 0.2) is 48.5 Å². The Morgan fingerprint density at radius 3 is 2.32 bits per heavy atom. The lowest BCUT2D eigenvalue weighted by Crippen LogP contribution is -2.38. The summed E-state index contributed by atoms with van der Waals surface area (Å²) < 4.78 is 5.39. The van der Waals surface area contributed by atoms with E-state index in [-0.39, 0.29) is 24.3 Å². The van der Waals surface area contributed by atoms with Gasteiger partial charge in [-0.15, -0.1) is 5.10 Å². The number of nitrogens with zero attached hydrogens (tertiary/aromatic N) is 2. The third-order valence-electron chi connectivity index (χ3n) is 4.98. The average Bonchev–Trinajstić information content (AvgIpc) is 3.35. The number of rotatable bonds is 6. The van der Waals surface area contributed by atoms with Crippen LogP contribution in [0.25, 0.3) is 11.1 Å². The van der Waals surface area contributed by atoms with Crippen LogP contribution < -0.4 is 10.6 Å². The summed E-state index contributed by atoms with van der Waals surface area (Å²) in [7, 11) is 0. The standard InChI is InChI=1S/C21H19N5O5/c1-11(19(28)29)22-18(27)17-23-20(26-25-17)24-21(30)31-10-16-14-8-4-2-6-12(14)13-7-3-5-9-15(13)16/h2-9,11,16H,10H2,1H3,(H,22,27)(H,28,29)(H2,23,24,25,26,30). The molecule has 1 atom stereocenters. The largest absolute Gasteiger partial charge is 0.480 e. The second-order valence-corrected chi connectivity index (χ2v) is 6.99. The number of carboxylic acids is 1. The highest BCUT2D eigenvalue weighted by Crippen LogP contribution is 2.44. The average molecular weight is 421 g/mol. The fourth-order valence-electron chi connectivity index (χ4n) is 3.47. The van der Waals surface area contributed by atoms with Crippen LogP contribution in [0.2, 0.25) is 0 Å². The van der Waals surface area contributed by atoms with Gasteiger partial charge in [0, 0.05) is 5.92 Å². The highest BCUT2D eigenvalue weighted by atomic mass is 16.5. The Morgan fingerprint density at radius 2 is 1.71 bits per heavy atom. The predicted molar refractivity (Wildman–Crippen MR) is 110 cm³/mol. The summed E-state index contributed by atoms with van der Waals surface area (Å²) in [6.07, 6.45) is -0.772. The zero-order chi connectivity index (χ0) is 22.0. The van der Waals surface area contributed by atoms with E-state index < -0.39 is 24.0 Å². The number of anilines is 1. The Balaban J connectivity index is 1.38. The van der Waals surface area contributed by atoms with Gasteiger partial charge in [-0.2, -0.15) is 4.98 Å². The molecule has 0 bridgehead atoms. The number of hydrogen-bond acceptors (Lipinski definition) is 6. The third kappa shape index (κ3) is 4.08. The molecule has 4 rings (SSSR count). The Bertz CT molecular complexity index is 1110. The SMILES string of the molecule is CC(NC(=O)c1nc(NC(=O)OCC2c3ccccc3-c3ccccc32)n[nH]1)C(=O)O. The maximum absolute atomic E-state index is 12.2. The number of aromatic nitrogens is 3. The summed E-state index contributed by atoms with van der Waals surface area (Å²) in [6, 6.07) is 14.8. The number of carbonyl (C=O) groups excluding carboxylic acids is 2. The minimum absolute atomic E-state index is 0.0934. The van der Waals surface area contributed by atoms with Crippen molar-refractivity contribution in [2.75, 3.05) is 11.9 Å². The van der Waals surface area contributed by atoms with Gasteiger partial charge in [0.05, 0.1) is 0 Å².